The van der Waals surface area contributed by atoms with E-state index in [2.05, 4.69) is 11.4 Å². The molecule has 0 aromatic heterocycles. The Kier molecular flexibility index (Phi) is 5.42. The van der Waals surface area contributed by atoms with Gasteiger partial charge in [-0.25, -0.2) is 0 Å². The highest BCUT2D eigenvalue weighted by molar-refractivity contribution is 4.91. The lowest BCUT2D eigenvalue weighted by molar-refractivity contribution is 0.593. The van der Waals surface area contributed by atoms with Gasteiger partial charge < -0.3 is 0 Å². The van der Waals surface area contributed by atoms with E-state index < -0.39 is 0 Å². The second-order valence-electron chi connectivity index (χ2n) is 2.01. The van der Waals surface area contributed by atoms with Crippen LogP contribution in [0, 0.1) is 22.7 Å². The van der Waals surface area contributed by atoms with E-state index >= 15 is 0 Å². The van der Waals surface area contributed by atoms with Crippen LogP contribution in [0.3, 0.4) is 0 Å². The molecule has 0 aliphatic rings. The molecule has 0 aromatic rings. The van der Waals surface area contributed by atoms with Crippen molar-refractivity contribution in [2.75, 3.05) is 6.54 Å². The van der Waals surface area contributed by atoms with Gasteiger partial charge in [-0.05, 0) is 6.42 Å². The number of hydrogen-bond donors (Lipinski definition) is 1. The molecule has 0 spiro atoms. The predicted octanol–water partition coefficient (Wildman–Crippen LogP) is 0.792. The Morgan fingerprint density at radius 3 is 2.60 bits per heavy atom. The lowest BCUT2D eigenvalue weighted by Gasteiger charge is -2.04. The van der Waals surface area contributed by atoms with Crippen molar-refractivity contribution in [2.24, 2.45) is 0 Å². The van der Waals surface area contributed by atoms with Gasteiger partial charge >= 0.3 is 0 Å². The number of nitrogens with zero attached hydrogens (tertiary/aromatic N) is 2. The summed E-state index contributed by atoms with van der Waals surface area (Å²) < 4.78 is 0. The highest BCUT2D eigenvalue weighted by atomic mass is 14.9. The molecule has 0 aliphatic heterocycles. The average Bonchev–Trinajstić information content (AvgIpc) is 1.98. The van der Waals surface area contributed by atoms with E-state index in [-0.39, 0.29) is 12.6 Å². The van der Waals surface area contributed by atoms with E-state index in [0.29, 0.717) is 0 Å². The van der Waals surface area contributed by atoms with Crippen molar-refractivity contribution >= 4 is 0 Å². The molecule has 0 rings (SSSR count). The first-order valence-electron chi connectivity index (χ1n) is 3.35. The van der Waals surface area contributed by atoms with Crippen LogP contribution in [0.2, 0.25) is 0 Å². The first-order valence-corrected chi connectivity index (χ1v) is 3.35. The first kappa shape index (κ1) is 8.94. The van der Waals surface area contributed by atoms with Gasteiger partial charge in [-0.15, -0.1) is 0 Å². The van der Waals surface area contributed by atoms with Crippen molar-refractivity contribution in [3.63, 3.8) is 0 Å². The highest BCUT2D eigenvalue weighted by Crippen LogP contribution is 1.93. The average molecular weight is 137 g/mol. The topological polar surface area (TPSA) is 59.6 Å². The molecule has 10 heavy (non-hydrogen) atoms. The van der Waals surface area contributed by atoms with Crippen LogP contribution >= 0.6 is 0 Å². The van der Waals surface area contributed by atoms with Crippen LogP contribution in [0.1, 0.15) is 19.8 Å². The molecule has 1 N–H and O–H groups in total. The van der Waals surface area contributed by atoms with Gasteiger partial charge in [0.15, 0.2) is 0 Å². The molecule has 3 heteroatoms. The van der Waals surface area contributed by atoms with Crippen LogP contribution in [0.25, 0.3) is 0 Å². The zero-order valence-electron chi connectivity index (χ0n) is 6.09. The summed E-state index contributed by atoms with van der Waals surface area (Å²) >= 11 is 0. The van der Waals surface area contributed by atoms with Gasteiger partial charge in [0.1, 0.15) is 0 Å². The number of hydrogen-bond acceptors (Lipinski definition) is 3. The van der Waals surface area contributed by atoms with Crippen LogP contribution in [-0.4, -0.2) is 12.6 Å². The van der Waals surface area contributed by atoms with Crippen LogP contribution in [0.4, 0.5) is 0 Å². The van der Waals surface area contributed by atoms with Crippen molar-refractivity contribution in [1.82, 2.24) is 5.32 Å². The summed E-state index contributed by atoms with van der Waals surface area (Å²) in [5.74, 6) is 0. The van der Waals surface area contributed by atoms with Crippen LogP contribution in [-0.2, 0) is 0 Å². The fraction of sp³-hybridized carbons (Fsp3) is 0.714. The van der Waals surface area contributed by atoms with Gasteiger partial charge in [-0.3, -0.25) is 5.32 Å². The van der Waals surface area contributed by atoms with Crippen LogP contribution in [0.5, 0.6) is 0 Å². The minimum atomic E-state index is -0.148. The van der Waals surface area contributed by atoms with Crippen LogP contribution < -0.4 is 5.32 Å². The smallest absolute Gasteiger partial charge is 0.0960 e. The Hall–Kier alpha value is -1.06. The maximum atomic E-state index is 8.46. The standard InChI is InChI=1S/C7H11N3/c1-2-3-7(6-9)10-5-4-8/h7,10H,2-3,5H2,1H3. The summed E-state index contributed by atoms with van der Waals surface area (Å²) in [6.45, 7) is 2.27. The summed E-state index contributed by atoms with van der Waals surface area (Å²) in [6.07, 6.45) is 1.79. The largest absolute Gasteiger partial charge is 0.289 e. The lowest BCUT2D eigenvalue weighted by atomic mass is 10.2. The molecule has 0 saturated carbocycles. The molecule has 54 valence electrons. The first-order chi connectivity index (χ1) is 4.85. The molecular weight excluding hydrogens is 126 g/mol. The zero-order valence-corrected chi connectivity index (χ0v) is 6.09. The fourth-order valence-corrected chi connectivity index (χ4v) is 0.670. The van der Waals surface area contributed by atoms with E-state index in [0.717, 1.165) is 12.8 Å². The van der Waals surface area contributed by atoms with E-state index in [1.165, 1.54) is 0 Å². The second kappa shape index (κ2) is 6.07. The van der Waals surface area contributed by atoms with E-state index in [9.17, 15) is 0 Å². The summed E-state index contributed by atoms with van der Waals surface area (Å²) in [7, 11) is 0. The van der Waals surface area contributed by atoms with Crippen molar-refractivity contribution < 1.29 is 0 Å². The predicted molar refractivity (Wildman–Crippen MR) is 37.9 cm³/mol. The highest BCUT2D eigenvalue weighted by Gasteiger charge is 2.01. The number of nitriles is 2. The molecule has 0 aliphatic carbocycles. The Labute approximate surface area is 61.3 Å². The SMILES string of the molecule is CCCC(C#N)NCC#N. The molecule has 0 saturated heterocycles. The molecule has 0 amide bonds. The molecule has 0 heterocycles. The van der Waals surface area contributed by atoms with Gasteiger partial charge in [-0.1, -0.05) is 13.3 Å². The lowest BCUT2D eigenvalue weighted by Crippen LogP contribution is -2.27. The van der Waals surface area contributed by atoms with Gasteiger partial charge in [0.05, 0.1) is 24.7 Å². The molecule has 0 bridgehead atoms. The molecule has 1 atom stereocenters. The van der Waals surface area contributed by atoms with Crippen molar-refractivity contribution in [3.8, 4) is 12.1 Å². The third-order valence-corrected chi connectivity index (χ3v) is 1.16. The maximum Gasteiger partial charge on any atom is 0.0960 e. The summed E-state index contributed by atoms with van der Waals surface area (Å²) in [5, 5.41) is 19.4. The number of nitrogens with one attached hydrogen (secondary N) is 1. The second-order valence-corrected chi connectivity index (χ2v) is 2.01. The quantitative estimate of drug-likeness (QED) is 0.583. The van der Waals surface area contributed by atoms with E-state index in [1.807, 2.05) is 13.0 Å². The molecule has 0 fully saturated rings. The number of rotatable bonds is 4. The van der Waals surface area contributed by atoms with Crippen LogP contribution in [0.15, 0.2) is 0 Å². The van der Waals surface area contributed by atoms with Gasteiger partial charge in [0, 0.05) is 0 Å². The molecule has 3 nitrogen and oxygen atoms in total. The molecule has 0 aromatic carbocycles. The zero-order chi connectivity index (χ0) is 7.82. The maximum absolute atomic E-state index is 8.46. The summed E-state index contributed by atoms with van der Waals surface area (Å²) in [6, 6.07) is 3.86. The Morgan fingerprint density at radius 2 is 2.20 bits per heavy atom. The minimum Gasteiger partial charge on any atom is -0.289 e. The monoisotopic (exact) mass is 137 g/mol. The molecule has 1 unspecified atom stereocenters. The van der Waals surface area contributed by atoms with Crippen molar-refractivity contribution in [2.45, 2.75) is 25.8 Å². The van der Waals surface area contributed by atoms with Crippen molar-refractivity contribution in [1.29, 1.82) is 10.5 Å². The Balaban J connectivity index is 3.45. The summed E-state index contributed by atoms with van der Waals surface area (Å²) in [4.78, 5) is 0. The third kappa shape index (κ3) is 3.88. The van der Waals surface area contributed by atoms with E-state index in [1.54, 1.807) is 0 Å². The molecule has 0 radical (unpaired) electrons. The van der Waals surface area contributed by atoms with Gasteiger partial charge in [0.25, 0.3) is 0 Å². The normalized spacial score (nSPS) is 11.5. The van der Waals surface area contributed by atoms with Gasteiger partial charge in [0.2, 0.25) is 0 Å². The Bertz CT molecular complexity index is 151. The van der Waals surface area contributed by atoms with E-state index in [4.69, 9.17) is 10.5 Å². The van der Waals surface area contributed by atoms with Gasteiger partial charge in [-0.2, -0.15) is 10.5 Å². The fourth-order valence-electron chi connectivity index (χ4n) is 0.670. The molecular formula is C7H11N3. The third-order valence-electron chi connectivity index (χ3n) is 1.16. The minimum absolute atomic E-state index is 0.148. The Morgan fingerprint density at radius 1 is 1.50 bits per heavy atom. The summed E-state index contributed by atoms with van der Waals surface area (Å²) in [5.41, 5.74) is 0. The van der Waals surface area contributed by atoms with Crippen molar-refractivity contribution in [3.05, 3.63) is 0 Å².